The Morgan fingerprint density at radius 3 is 2.67 bits per heavy atom. The Labute approximate surface area is 141 Å². The molecule has 1 fully saturated rings. The summed E-state index contributed by atoms with van der Waals surface area (Å²) >= 11 is 0. The van der Waals surface area contributed by atoms with Gasteiger partial charge in [-0.1, -0.05) is 0 Å². The average molecular weight is 329 g/mol. The molecule has 2 aromatic rings. The second-order valence-electron chi connectivity index (χ2n) is 6.28. The molecule has 0 radical (unpaired) electrons. The second-order valence-corrected chi connectivity index (χ2v) is 6.28. The molecule has 1 amide bonds. The predicted octanol–water partition coefficient (Wildman–Crippen LogP) is 1.70. The number of hydrogen-bond donors (Lipinski definition) is 1. The quantitative estimate of drug-likeness (QED) is 0.927. The smallest absolute Gasteiger partial charge is 0.255 e. The van der Waals surface area contributed by atoms with E-state index in [1.54, 1.807) is 6.20 Å². The molecule has 0 aliphatic carbocycles. The topological polar surface area (TPSA) is 81.9 Å². The number of ether oxygens (including phenoxy) is 1. The van der Waals surface area contributed by atoms with Crippen molar-refractivity contribution in [2.75, 3.05) is 6.61 Å². The van der Waals surface area contributed by atoms with Gasteiger partial charge in [0.2, 0.25) is 0 Å². The Morgan fingerprint density at radius 2 is 2.04 bits per heavy atom. The van der Waals surface area contributed by atoms with Crippen LogP contribution in [0.25, 0.3) is 0 Å². The predicted molar refractivity (Wildman–Crippen MR) is 88.8 cm³/mol. The third kappa shape index (κ3) is 2.91. The van der Waals surface area contributed by atoms with Gasteiger partial charge in [-0.05, 0) is 34.1 Å². The minimum absolute atomic E-state index is 0.0835. The van der Waals surface area contributed by atoms with Crippen LogP contribution in [0, 0.1) is 27.7 Å². The van der Waals surface area contributed by atoms with Gasteiger partial charge in [-0.3, -0.25) is 9.48 Å². The Kier molecular flexibility index (Phi) is 4.36. The lowest BCUT2D eigenvalue weighted by atomic mass is 10.00. The zero-order valence-corrected chi connectivity index (χ0v) is 14.8. The van der Waals surface area contributed by atoms with E-state index in [0.29, 0.717) is 23.7 Å². The maximum atomic E-state index is 12.6. The van der Waals surface area contributed by atoms with Crippen molar-refractivity contribution in [2.24, 2.45) is 7.05 Å². The lowest BCUT2D eigenvalue weighted by Gasteiger charge is -2.21. The summed E-state index contributed by atoms with van der Waals surface area (Å²) in [4.78, 5) is 21.0. The summed E-state index contributed by atoms with van der Waals surface area (Å²) in [5, 5.41) is 7.54. The fourth-order valence-electron chi connectivity index (χ4n) is 3.28. The average Bonchev–Trinajstić information content (AvgIpc) is 3.04. The summed E-state index contributed by atoms with van der Waals surface area (Å²) in [5.74, 6) is 0.500. The molecule has 128 valence electrons. The van der Waals surface area contributed by atoms with Crippen LogP contribution < -0.4 is 5.32 Å². The first-order valence-electron chi connectivity index (χ1n) is 8.11. The monoisotopic (exact) mass is 329 g/mol. The van der Waals surface area contributed by atoms with E-state index in [4.69, 9.17) is 4.74 Å². The van der Waals surface area contributed by atoms with E-state index >= 15 is 0 Å². The summed E-state index contributed by atoms with van der Waals surface area (Å²) in [6.07, 6.45) is 2.18. The Bertz CT molecular complexity index is 784. The van der Waals surface area contributed by atoms with Crippen molar-refractivity contribution in [1.82, 2.24) is 25.1 Å². The number of aryl methyl sites for hydroxylation is 4. The van der Waals surface area contributed by atoms with Gasteiger partial charge in [0.15, 0.2) is 0 Å². The highest BCUT2D eigenvalue weighted by Crippen LogP contribution is 2.33. The third-order valence-electron chi connectivity index (χ3n) is 4.60. The van der Waals surface area contributed by atoms with Crippen LogP contribution in [0.3, 0.4) is 0 Å². The number of carbonyl (C=O) groups excluding carboxylic acids is 1. The van der Waals surface area contributed by atoms with Crippen molar-refractivity contribution in [2.45, 2.75) is 46.3 Å². The highest BCUT2D eigenvalue weighted by Gasteiger charge is 2.35. The van der Waals surface area contributed by atoms with Gasteiger partial charge in [0.25, 0.3) is 5.91 Å². The van der Waals surface area contributed by atoms with Crippen LogP contribution in [-0.4, -0.2) is 38.3 Å². The number of carbonyl (C=O) groups is 1. The maximum absolute atomic E-state index is 12.6. The lowest BCUT2D eigenvalue weighted by Crippen LogP contribution is -2.37. The van der Waals surface area contributed by atoms with Gasteiger partial charge in [0.1, 0.15) is 11.9 Å². The first-order valence-corrected chi connectivity index (χ1v) is 8.11. The first kappa shape index (κ1) is 16.6. The van der Waals surface area contributed by atoms with Crippen molar-refractivity contribution in [1.29, 1.82) is 0 Å². The summed E-state index contributed by atoms with van der Waals surface area (Å²) in [5.41, 5.74) is 4.26. The van der Waals surface area contributed by atoms with E-state index < -0.39 is 0 Å². The van der Waals surface area contributed by atoms with Crippen LogP contribution in [0.2, 0.25) is 0 Å². The van der Waals surface area contributed by atoms with Crippen LogP contribution in [-0.2, 0) is 11.8 Å². The molecular weight excluding hydrogens is 306 g/mol. The van der Waals surface area contributed by atoms with Gasteiger partial charge in [-0.25, -0.2) is 9.97 Å². The van der Waals surface area contributed by atoms with Gasteiger partial charge < -0.3 is 10.1 Å². The van der Waals surface area contributed by atoms with Crippen molar-refractivity contribution in [3.63, 3.8) is 0 Å². The van der Waals surface area contributed by atoms with Crippen LogP contribution in [0.4, 0.5) is 0 Å². The SMILES string of the molecule is Cc1ncc(C(=O)N[C@H]2CCO[C@@H]2c2c(C)nn(C)c2C)c(C)n1. The van der Waals surface area contributed by atoms with Crippen LogP contribution >= 0.6 is 0 Å². The number of amides is 1. The second kappa shape index (κ2) is 6.32. The van der Waals surface area contributed by atoms with Crippen LogP contribution in [0.15, 0.2) is 6.20 Å². The highest BCUT2D eigenvalue weighted by atomic mass is 16.5. The molecule has 1 aliphatic heterocycles. The number of nitrogens with zero attached hydrogens (tertiary/aromatic N) is 4. The van der Waals surface area contributed by atoms with Crippen molar-refractivity contribution in [3.8, 4) is 0 Å². The Hall–Kier alpha value is -2.28. The summed E-state index contributed by atoms with van der Waals surface area (Å²) in [6, 6.07) is -0.0835. The fourth-order valence-corrected chi connectivity index (χ4v) is 3.28. The number of aromatic nitrogens is 4. The highest BCUT2D eigenvalue weighted by molar-refractivity contribution is 5.95. The van der Waals surface area contributed by atoms with Gasteiger partial charge in [0.05, 0.1) is 23.0 Å². The number of nitrogens with one attached hydrogen (secondary N) is 1. The molecule has 0 spiro atoms. The molecule has 1 saturated heterocycles. The van der Waals surface area contributed by atoms with Crippen molar-refractivity contribution >= 4 is 5.91 Å². The molecule has 3 rings (SSSR count). The molecule has 1 aliphatic rings. The van der Waals surface area contributed by atoms with Crippen molar-refractivity contribution in [3.05, 3.63) is 40.2 Å². The molecule has 1 N–H and O–H groups in total. The molecular formula is C17H23N5O2. The molecule has 3 heterocycles. The van der Waals surface area contributed by atoms with Crippen LogP contribution in [0.5, 0.6) is 0 Å². The number of hydrogen-bond acceptors (Lipinski definition) is 5. The Morgan fingerprint density at radius 1 is 1.29 bits per heavy atom. The van der Waals surface area contributed by atoms with E-state index in [-0.39, 0.29) is 18.1 Å². The molecule has 0 saturated carbocycles. The molecule has 0 aromatic carbocycles. The molecule has 24 heavy (non-hydrogen) atoms. The van der Waals surface area contributed by atoms with E-state index in [2.05, 4.69) is 20.4 Å². The molecule has 2 aromatic heterocycles. The van der Waals surface area contributed by atoms with Gasteiger partial charge in [0, 0.05) is 31.1 Å². The zero-order chi connectivity index (χ0) is 17.4. The lowest BCUT2D eigenvalue weighted by molar-refractivity contribution is 0.0816. The van der Waals surface area contributed by atoms with Gasteiger partial charge in [-0.15, -0.1) is 0 Å². The fraction of sp³-hybridized carbons (Fsp3) is 0.529. The summed E-state index contributed by atoms with van der Waals surface area (Å²) in [7, 11) is 1.92. The molecule has 2 atom stereocenters. The van der Waals surface area contributed by atoms with Gasteiger partial charge >= 0.3 is 0 Å². The number of rotatable bonds is 3. The maximum Gasteiger partial charge on any atom is 0.255 e. The molecule has 0 bridgehead atoms. The van der Waals surface area contributed by atoms with Crippen molar-refractivity contribution < 1.29 is 9.53 Å². The van der Waals surface area contributed by atoms with E-state index in [1.807, 2.05) is 39.4 Å². The molecule has 7 heteroatoms. The van der Waals surface area contributed by atoms with Gasteiger partial charge in [-0.2, -0.15) is 5.10 Å². The largest absolute Gasteiger partial charge is 0.371 e. The van der Waals surface area contributed by atoms with E-state index in [0.717, 1.165) is 23.4 Å². The van der Waals surface area contributed by atoms with E-state index in [1.165, 1.54) is 0 Å². The minimum Gasteiger partial charge on any atom is -0.371 e. The normalized spacial score (nSPS) is 20.4. The first-order chi connectivity index (χ1) is 11.4. The molecule has 0 unspecified atom stereocenters. The summed E-state index contributed by atoms with van der Waals surface area (Å²) in [6.45, 7) is 8.24. The van der Waals surface area contributed by atoms with E-state index in [9.17, 15) is 4.79 Å². The summed E-state index contributed by atoms with van der Waals surface area (Å²) < 4.78 is 7.76. The standard InChI is InChI=1S/C17H23N5O2/c1-9-13(8-18-12(4)19-9)17(23)20-14-6-7-24-16(14)15-10(2)21-22(5)11(15)3/h8,14,16H,6-7H2,1-5H3,(H,20,23)/t14-,16-/m0/s1. The Balaban J connectivity index is 1.82. The third-order valence-corrected chi connectivity index (χ3v) is 4.60. The van der Waals surface area contributed by atoms with Crippen LogP contribution in [0.1, 0.15) is 51.4 Å². The minimum atomic E-state index is -0.172. The zero-order valence-electron chi connectivity index (χ0n) is 14.8. The molecule has 7 nitrogen and oxygen atoms in total.